The topological polar surface area (TPSA) is 41.1 Å². The lowest BCUT2D eigenvalue weighted by Crippen LogP contribution is -2.30. The van der Waals surface area contributed by atoms with E-state index in [9.17, 15) is 4.79 Å². The molecule has 0 aromatic carbocycles. The minimum absolute atomic E-state index is 0.147. The third-order valence-corrected chi connectivity index (χ3v) is 3.75. The average Bonchev–Trinajstić information content (AvgIpc) is 2.72. The molecule has 3 nitrogen and oxygen atoms in total. The summed E-state index contributed by atoms with van der Waals surface area (Å²) in [6.07, 6.45) is 0.602. The normalized spacial score (nSPS) is 21.2. The molecule has 1 amide bonds. The minimum atomic E-state index is 0.147. The van der Waals surface area contributed by atoms with Gasteiger partial charge in [-0.25, -0.2) is 0 Å². The number of hydrogen-bond donors (Lipinski definition) is 2. The van der Waals surface area contributed by atoms with Crippen LogP contribution < -0.4 is 10.6 Å². The molecular formula is C9H11BrN2OS. The Kier molecular flexibility index (Phi) is 3.20. The van der Waals surface area contributed by atoms with Crippen LogP contribution in [0.5, 0.6) is 0 Å². The van der Waals surface area contributed by atoms with E-state index in [2.05, 4.69) is 38.0 Å². The number of rotatable bonds is 3. The Morgan fingerprint density at radius 1 is 1.71 bits per heavy atom. The largest absolute Gasteiger partial charge is 0.354 e. The first kappa shape index (κ1) is 10.1. The third-order valence-electron chi connectivity index (χ3n) is 2.19. The maximum Gasteiger partial charge on any atom is 0.221 e. The predicted molar refractivity (Wildman–Crippen MR) is 60.3 cm³/mol. The van der Waals surface area contributed by atoms with Gasteiger partial charge in [0.05, 0.1) is 3.79 Å². The standard InChI is InChI=1S/C9H11BrN2OS/c10-8-1-6(5-14-8)3-11-7-2-9(13)12-4-7/h1,5,7,11H,2-4H2,(H,12,13). The highest BCUT2D eigenvalue weighted by molar-refractivity contribution is 9.11. The molecule has 0 spiro atoms. The molecule has 2 heterocycles. The van der Waals surface area contributed by atoms with E-state index >= 15 is 0 Å². The first-order valence-electron chi connectivity index (χ1n) is 4.47. The van der Waals surface area contributed by atoms with E-state index in [1.54, 1.807) is 11.3 Å². The first-order chi connectivity index (χ1) is 6.74. The summed E-state index contributed by atoms with van der Waals surface area (Å²) in [4.78, 5) is 10.9. The summed E-state index contributed by atoms with van der Waals surface area (Å²) >= 11 is 5.10. The van der Waals surface area contributed by atoms with Gasteiger partial charge in [0.2, 0.25) is 5.91 Å². The van der Waals surface area contributed by atoms with Gasteiger partial charge in [0.1, 0.15) is 0 Å². The van der Waals surface area contributed by atoms with Gasteiger partial charge in [-0.05, 0) is 32.9 Å². The van der Waals surface area contributed by atoms with E-state index in [0.29, 0.717) is 12.5 Å². The highest BCUT2D eigenvalue weighted by Gasteiger charge is 2.20. The highest BCUT2D eigenvalue weighted by atomic mass is 79.9. The molecule has 1 unspecified atom stereocenters. The summed E-state index contributed by atoms with van der Waals surface area (Å²) in [5.41, 5.74) is 1.27. The maximum atomic E-state index is 10.9. The van der Waals surface area contributed by atoms with Gasteiger partial charge in [0, 0.05) is 25.6 Å². The zero-order chi connectivity index (χ0) is 9.97. The van der Waals surface area contributed by atoms with Crippen molar-refractivity contribution in [1.29, 1.82) is 0 Å². The van der Waals surface area contributed by atoms with Crippen LogP contribution in [0.15, 0.2) is 15.2 Å². The van der Waals surface area contributed by atoms with Crippen LogP contribution in [0.3, 0.4) is 0 Å². The van der Waals surface area contributed by atoms with Crippen LogP contribution in [0.4, 0.5) is 0 Å². The fourth-order valence-electron chi connectivity index (χ4n) is 1.45. The Balaban J connectivity index is 1.80. The summed E-state index contributed by atoms with van der Waals surface area (Å²) < 4.78 is 1.15. The van der Waals surface area contributed by atoms with Crippen molar-refractivity contribution in [3.63, 3.8) is 0 Å². The molecule has 1 aliphatic heterocycles. The molecule has 1 saturated heterocycles. The molecule has 0 saturated carbocycles. The second-order valence-electron chi connectivity index (χ2n) is 3.35. The van der Waals surface area contributed by atoms with Gasteiger partial charge in [0.25, 0.3) is 0 Å². The van der Waals surface area contributed by atoms with Crippen LogP contribution in [0, 0.1) is 0 Å². The van der Waals surface area contributed by atoms with Gasteiger partial charge in [0.15, 0.2) is 0 Å². The zero-order valence-electron chi connectivity index (χ0n) is 7.55. The second-order valence-corrected chi connectivity index (χ2v) is 5.64. The molecule has 76 valence electrons. The van der Waals surface area contributed by atoms with E-state index in [1.165, 1.54) is 5.56 Å². The lowest BCUT2D eigenvalue weighted by molar-refractivity contribution is -0.119. The molecule has 1 fully saturated rings. The van der Waals surface area contributed by atoms with Gasteiger partial charge < -0.3 is 10.6 Å². The number of amides is 1. The van der Waals surface area contributed by atoms with Gasteiger partial charge in [-0.3, -0.25) is 4.79 Å². The van der Waals surface area contributed by atoms with E-state index in [1.807, 2.05) is 0 Å². The van der Waals surface area contributed by atoms with E-state index in [4.69, 9.17) is 0 Å². The van der Waals surface area contributed by atoms with Crippen LogP contribution >= 0.6 is 27.3 Å². The van der Waals surface area contributed by atoms with Crippen molar-refractivity contribution in [2.24, 2.45) is 0 Å². The van der Waals surface area contributed by atoms with Crippen LogP contribution in [-0.2, 0) is 11.3 Å². The molecule has 0 bridgehead atoms. The van der Waals surface area contributed by atoms with Crippen molar-refractivity contribution >= 4 is 33.2 Å². The van der Waals surface area contributed by atoms with E-state index in [-0.39, 0.29) is 5.91 Å². The highest BCUT2D eigenvalue weighted by Crippen LogP contribution is 2.20. The summed E-state index contributed by atoms with van der Waals surface area (Å²) in [6.45, 7) is 1.59. The predicted octanol–water partition coefficient (Wildman–Crippen LogP) is 1.49. The number of halogens is 1. The summed E-state index contributed by atoms with van der Waals surface area (Å²) in [5.74, 6) is 0.147. The van der Waals surface area contributed by atoms with Crippen molar-refractivity contribution in [2.75, 3.05) is 6.54 Å². The molecule has 2 N–H and O–H groups in total. The monoisotopic (exact) mass is 274 g/mol. The molecule has 1 atom stereocenters. The third kappa shape index (κ3) is 2.56. The summed E-state index contributed by atoms with van der Waals surface area (Å²) in [6, 6.07) is 2.39. The van der Waals surface area contributed by atoms with Crippen LogP contribution in [0.2, 0.25) is 0 Å². The SMILES string of the molecule is O=C1CC(NCc2csc(Br)c2)CN1. The van der Waals surface area contributed by atoms with Crippen molar-refractivity contribution in [2.45, 2.75) is 19.0 Å². The fraction of sp³-hybridized carbons (Fsp3) is 0.444. The molecule has 2 rings (SSSR count). The van der Waals surface area contributed by atoms with E-state index in [0.717, 1.165) is 16.9 Å². The fourth-order valence-corrected chi connectivity index (χ4v) is 2.66. The number of hydrogen-bond acceptors (Lipinski definition) is 3. The van der Waals surface area contributed by atoms with Crippen molar-refractivity contribution in [3.05, 3.63) is 20.8 Å². The molecule has 1 aromatic heterocycles. The van der Waals surface area contributed by atoms with Crippen molar-refractivity contribution in [3.8, 4) is 0 Å². The average molecular weight is 275 g/mol. The summed E-state index contributed by atoms with van der Waals surface area (Å²) in [5, 5.41) is 8.26. The second kappa shape index (κ2) is 4.42. The van der Waals surface area contributed by atoms with Crippen LogP contribution in [0.1, 0.15) is 12.0 Å². The maximum absolute atomic E-state index is 10.9. The van der Waals surface area contributed by atoms with Gasteiger partial charge in [-0.1, -0.05) is 0 Å². The Labute approximate surface area is 95.0 Å². The van der Waals surface area contributed by atoms with E-state index < -0.39 is 0 Å². The Morgan fingerprint density at radius 3 is 3.14 bits per heavy atom. The van der Waals surface area contributed by atoms with Gasteiger partial charge in [-0.15, -0.1) is 11.3 Å². The molecule has 0 aliphatic carbocycles. The molecule has 1 aromatic rings. The Bertz CT molecular complexity index is 339. The summed E-state index contributed by atoms with van der Waals surface area (Å²) in [7, 11) is 0. The number of nitrogens with one attached hydrogen (secondary N) is 2. The van der Waals surface area contributed by atoms with Crippen LogP contribution in [0.25, 0.3) is 0 Å². The van der Waals surface area contributed by atoms with Crippen LogP contribution in [-0.4, -0.2) is 18.5 Å². The number of carbonyl (C=O) groups excluding carboxylic acids is 1. The van der Waals surface area contributed by atoms with Crippen molar-refractivity contribution in [1.82, 2.24) is 10.6 Å². The van der Waals surface area contributed by atoms with Gasteiger partial charge >= 0.3 is 0 Å². The molecule has 0 radical (unpaired) electrons. The molecule has 1 aliphatic rings. The lowest BCUT2D eigenvalue weighted by Gasteiger charge is -2.08. The molecule has 5 heteroatoms. The molecule has 14 heavy (non-hydrogen) atoms. The Hall–Kier alpha value is -0.390. The Morgan fingerprint density at radius 2 is 2.57 bits per heavy atom. The zero-order valence-corrected chi connectivity index (χ0v) is 9.95. The minimum Gasteiger partial charge on any atom is -0.354 e. The first-order valence-corrected chi connectivity index (χ1v) is 6.14. The number of carbonyl (C=O) groups is 1. The lowest BCUT2D eigenvalue weighted by atomic mass is 10.2. The van der Waals surface area contributed by atoms with Gasteiger partial charge in [-0.2, -0.15) is 0 Å². The van der Waals surface area contributed by atoms with Crippen molar-refractivity contribution < 1.29 is 4.79 Å². The smallest absolute Gasteiger partial charge is 0.221 e. The molecular weight excluding hydrogens is 264 g/mol. The quantitative estimate of drug-likeness (QED) is 0.877. The number of thiophene rings is 1.